The molecule has 3 nitrogen and oxygen atoms in total. The molecule has 100 valence electrons. The Morgan fingerprint density at radius 1 is 1.28 bits per heavy atom. The molecule has 0 bridgehead atoms. The third-order valence-electron chi connectivity index (χ3n) is 3.25. The van der Waals surface area contributed by atoms with E-state index in [0.717, 1.165) is 44.2 Å². The topological polar surface area (TPSA) is 32.3 Å². The predicted molar refractivity (Wildman–Crippen MR) is 77.0 cm³/mol. The standard InChI is InChI=1S/C14H22N2OS/c1-2-15-11-13-4-3-5-14(10-13)12-16-6-8-18(17)9-7-16/h3-5,10,15H,2,6-9,11-12H2,1H3. The highest BCUT2D eigenvalue weighted by molar-refractivity contribution is 7.85. The van der Waals surface area contributed by atoms with E-state index < -0.39 is 10.8 Å². The molecule has 1 aromatic carbocycles. The van der Waals surface area contributed by atoms with E-state index in [4.69, 9.17) is 0 Å². The smallest absolute Gasteiger partial charge is 0.0363 e. The Morgan fingerprint density at radius 3 is 2.72 bits per heavy atom. The van der Waals surface area contributed by atoms with Crippen molar-refractivity contribution in [3.63, 3.8) is 0 Å². The van der Waals surface area contributed by atoms with Gasteiger partial charge in [-0.25, -0.2) is 0 Å². The molecule has 1 N–H and O–H groups in total. The zero-order valence-electron chi connectivity index (χ0n) is 11.0. The molecule has 0 amide bonds. The second-order valence-electron chi connectivity index (χ2n) is 4.72. The fraction of sp³-hybridized carbons (Fsp3) is 0.571. The van der Waals surface area contributed by atoms with E-state index in [-0.39, 0.29) is 0 Å². The third kappa shape index (κ3) is 4.19. The summed E-state index contributed by atoms with van der Waals surface area (Å²) in [5.41, 5.74) is 2.70. The van der Waals surface area contributed by atoms with Crippen molar-refractivity contribution in [2.75, 3.05) is 31.1 Å². The minimum Gasteiger partial charge on any atom is -0.313 e. The van der Waals surface area contributed by atoms with Crippen molar-refractivity contribution in [1.82, 2.24) is 10.2 Å². The van der Waals surface area contributed by atoms with Gasteiger partial charge in [-0.15, -0.1) is 0 Å². The van der Waals surface area contributed by atoms with Crippen LogP contribution in [0.5, 0.6) is 0 Å². The summed E-state index contributed by atoms with van der Waals surface area (Å²) in [4.78, 5) is 2.40. The van der Waals surface area contributed by atoms with Gasteiger partial charge < -0.3 is 5.32 Å². The summed E-state index contributed by atoms with van der Waals surface area (Å²) in [6.45, 7) is 6.97. The lowest BCUT2D eigenvalue weighted by Gasteiger charge is -2.26. The molecule has 4 heteroatoms. The Bertz CT molecular complexity index is 399. The second-order valence-corrected chi connectivity index (χ2v) is 6.42. The maximum atomic E-state index is 11.3. The largest absolute Gasteiger partial charge is 0.313 e. The van der Waals surface area contributed by atoms with E-state index >= 15 is 0 Å². The van der Waals surface area contributed by atoms with Crippen molar-refractivity contribution in [3.05, 3.63) is 35.4 Å². The summed E-state index contributed by atoms with van der Waals surface area (Å²) in [6.07, 6.45) is 0. The molecule has 0 aliphatic carbocycles. The van der Waals surface area contributed by atoms with Crippen LogP contribution in [-0.4, -0.2) is 40.2 Å². The van der Waals surface area contributed by atoms with Gasteiger partial charge in [-0.1, -0.05) is 31.2 Å². The highest BCUT2D eigenvalue weighted by Gasteiger charge is 2.14. The molecule has 0 spiro atoms. The predicted octanol–water partition coefficient (Wildman–Crippen LogP) is 1.36. The molecule has 0 unspecified atom stereocenters. The number of rotatable bonds is 5. The Kier molecular flexibility index (Phi) is 5.35. The highest BCUT2D eigenvalue weighted by Crippen LogP contribution is 2.10. The van der Waals surface area contributed by atoms with Crippen molar-refractivity contribution in [2.24, 2.45) is 0 Å². The van der Waals surface area contributed by atoms with Crippen LogP contribution in [0.2, 0.25) is 0 Å². The van der Waals surface area contributed by atoms with E-state index in [1.54, 1.807) is 0 Å². The molecule has 18 heavy (non-hydrogen) atoms. The molecule has 0 radical (unpaired) electrons. The SMILES string of the molecule is CCNCc1cccc(CN2CCS(=O)CC2)c1. The van der Waals surface area contributed by atoms with Gasteiger partial charge in [0.05, 0.1) is 0 Å². The molecule has 1 aliphatic rings. The van der Waals surface area contributed by atoms with Crippen molar-refractivity contribution < 1.29 is 4.21 Å². The van der Waals surface area contributed by atoms with Gasteiger partial charge in [-0.3, -0.25) is 9.11 Å². The van der Waals surface area contributed by atoms with Gasteiger partial charge in [0.1, 0.15) is 0 Å². The highest BCUT2D eigenvalue weighted by atomic mass is 32.2. The molecule has 0 aromatic heterocycles. The average molecular weight is 266 g/mol. The zero-order valence-corrected chi connectivity index (χ0v) is 11.8. The molecular weight excluding hydrogens is 244 g/mol. The second kappa shape index (κ2) is 7.02. The summed E-state index contributed by atoms with van der Waals surface area (Å²) in [5.74, 6) is 1.66. The number of hydrogen-bond donors (Lipinski definition) is 1. The van der Waals surface area contributed by atoms with Crippen molar-refractivity contribution >= 4 is 10.8 Å². The van der Waals surface area contributed by atoms with Gasteiger partial charge in [0.25, 0.3) is 0 Å². The van der Waals surface area contributed by atoms with Crippen LogP contribution in [0.25, 0.3) is 0 Å². The van der Waals surface area contributed by atoms with Crippen LogP contribution in [0.15, 0.2) is 24.3 Å². The van der Waals surface area contributed by atoms with E-state index in [1.807, 2.05) is 0 Å². The van der Waals surface area contributed by atoms with E-state index in [1.165, 1.54) is 11.1 Å². The van der Waals surface area contributed by atoms with Crippen LogP contribution in [0, 0.1) is 0 Å². The number of benzene rings is 1. The van der Waals surface area contributed by atoms with Gasteiger partial charge in [0, 0.05) is 48.5 Å². The molecule has 0 atom stereocenters. The first kappa shape index (κ1) is 13.7. The molecule has 1 aliphatic heterocycles. The van der Waals surface area contributed by atoms with Crippen LogP contribution >= 0.6 is 0 Å². The molecule has 1 saturated heterocycles. The van der Waals surface area contributed by atoms with Crippen molar-refractivity contribution in [3.8, 4) is 0 Å². The minimum absolute atomic E-state index is 0.579. The Morgan fingerprint density at radius 2 is 2.00 bits per heavy atom. The fourth-order valence-electron chi connectivity index (χ4n) is 2.20. The molecule has 1 heterocycles. The zero-order chi connectivity index (χ0) is 12.8. The van der Waals surface area contributed by atoms with Crippen molar-refractivity contribution in [1.29, 1.82) is 0 Å². The number of nitrogens with one attached hydrogen (secondary N) is 1. The van der Waals surface area contributed by atoms with Crippen LogP contribution < -0.4 is 5.32 Å². The first-order chi connectivity index (χ1) is 8.78. The summed E-state index contributed by atoms with van der Waals surface area (Å²) in [5, 5.41) is 3.35. The van der Waals surface area contributed by atoms with Gasteiger partial charge >= 0.3 is 0 Å². The first-order valence-corrected chi connectivity index (χ1v) is 8.12. The lowest BCUT2D eigenvalue weighted by molar-refractivity contribution is 0.291. The van der Waals surface area contributed by atoms with E-state index in [0.29, 0.717) is 0 Å². The number of nitrogens with zero attached hydrogens (tertiary/aromatic N) is 1. The van der Waals surface area contributed by atoms with E-state index in [2.05, 4.69) is 41.4 Å². The van der Waals surface area contributed by atoms with Gasteiger partial charge in [0.2, 0.25) is 0 Å². The Hall–Kier alpha value is -0.710. The monoisotopic (exact) mass is 266 g/mol. The Labute approximate surface area is 112 Å². The lowest BCUT2D eigenvalue weighted by Crippen LogP contribution is -2.37. The molecule has 0 saturated carbocycles. The molecule has 2 rings (SSSR count). The van der Waals surface area contributed by atoms with Gasteiger partial charge in [-0.2, -0.15) is 0 Å². The average Bonchev–Trinajstić information content (AvgIpc) is 2.40. The third-order valence-corrected chi connectivity index (χ3v) is 4.52. The molecule has 1 aromatic rings. The van der Waals surface area contributed by atoms with Crippen LogP contribution in [-0.2, 0) is 23.9 Å². The van der Waals surface area contributed by atoms with Gasteiger partial charge in [0.15, 0.2) is 0 Å². The molecule has 1 fully saturated rings. The summed E-state index contributed by atoms with van der Waals surface area (Å²) in [6, 6.07) is 8.75. The number of hydrogen-bond acceptors (Lipinski definition) is 3. The minimum atomic E-state index is -0.579. The van der Waals surface area contributed by atoms with Crippen LogP contribution in [0.3, 0.4) is 0 Å². The quantitative estimate of drug-likeness (QED) is 0.873. The first-order valence-electron chi connectivity index (χ1n) is 6.64. The maximum absolute atomic E-state index is 11.3. The summed E-state index contributed by atoms with van der Waals surface area (Å²) < 4.78 is 11.3. The summed E-state index contributed by atoms with van der Waals surface area (Å²) >= 11 is 0. The van der Waals surface area contributed by atoms with Crippen molar-refractivity contribution in [2.45, 2.75) is 20.0 Å². The van der Waals surface area contributed by atoms with E-state index in [9.17, 15) is 4.21 Å². The molecular formula is C14H22N2OS. The lowest BCUT2D eigenvalue weighted by atomic mass is 10.1. The Balaban J connectivity index is 1.90. The maximum Gasteiger partial charge on any atom is 0.0363 e. The van der Waals surface area contributed by atoms with Crippen LogP contribution in [0.4, 0.5) is 0 Å². The van der Waals surface area contributed by atoms with Gasteiger partial charge in [-0.05, 0) is 17.7 Å². The normalized spacial score (nSPS) is 18.1. The summed E-state index contributed by atoms with van der Waals surface area (Å²) in [7, 11) is -0.579. The van der Waals surface area contributed by atoms with Crippen LogP contribution in [0.1, 0.15) is 18.1 Å². The fourth-order valence-corrected chi connectivity index (χ4v) is 3.33.